The first kappa shape index (κ1) is 17.7. The molecule has 1 fully saturated rings. The minimum atomic E-state index is 0.261. The van der Waals surface area contributed by atoms with Crippen LogP contribution in [0.15, 0.2) is 42.7 Å². The number of nitrogens with zero attached hydrogens (tertiary/aromatic N) is 3. The van der Waals surface area contributed by atoms with Crippen LogP contribution in [0.3, 0.4) is 0 Å². The quantitative estimate of drug-likeness (QED) is 0.818. The number of hydrogen-bond donors (Lipinski definition) is 0. The van der Waals surface area contributed by atoms with E-state index < -0.39 is 0 Å². The molecule has 1 aliphatic heterocycles. The normalized spacial score (nSPS) is 14.6. The first-order valence-corrected chi connectivity index (χ1v) is 9.19. The molecule has 1 amide bonds. The molecule has 132 valence electrons. The van der Waals surface area contributed by atoms with E-state index in [1.54, 1.807) is 6.20 Å². The average Bonchev–Trinajstić information content (AvgIpc) is 2.63. The zero-order valence-corrected chi connectivity index (χ0v) is 15.4. The van der Waals surface area contributed by atoms with Crippen LogP contribution < -0.4 is 4.90 Å². The van der Waals surface area contributed by atoms with Crippen LogP contribution in [0.4, 0.5) is 5.69 Å². The lowest BCUT2D eigenvalue weighted by atomic mass is 10.1. The summed E-state index contributed by atoms with van der Waals surface area (Å²) < 4.78 is 0. The number of hydrogen-bond acceptors (Lipinski definition) is 3. The van der Waals surface area contributed by atoms with Crippen molar-refractivity contribution < 1.29 is 4.79 Å². The molecule has 1 aliphatic rings. The van der Waals surface area contributed by atoms with Crippen molar-refractivity contribution in [2.24, 2.45) is 0 Å². The number of benzene rings is 1. The monoisotopic (exact) mass is 357 g/mol. The molecule has 0 aliphatic carbocycles. The van der Waals surface area contributed by atoms with Crippen molar-refractivity contribution in [2.45, 2.75) is 26.2 Å². The molecule has 0 unspecified atom stereocenters. The van der Waals surface area contributed by atoms with E-state index in [9.17, 15) is 4.79 Å². The lowest BCUT2D eigenvalue weighted by Crippen LogP contribution is -2.49. The van der Waals surface area contributed by atoms with E-state index in [-0.39, 0.29) is 5.91 Å². The molecule has 1 saturated heterocycles. The zero-order chi connectivity index (χ0) is 17.6. The number of carbonyl (C=O) groups is 1. The van der Waals surface area contributed by atoms with Crippen LogP contribution in [-0.4, -0.2) is 42.0 Å². The van der Waals surface area contributed by atoms with E-state index in [1.165, 1.54) is 16.8 Å². The van der Waals surface area contributed by atoms with Crippen LogP contribution in [-0.2, 0) is 11.2 Å². The Balaban J connectivity index is 1.46. The Hall–Kier alpha value is -2.07. The summed E-state index contributed by atoms with van der Waals surface area (Å²) in [5.41, 5.74) is 3.59. The van der Waals surface area contributed by atoms with Gasteiger partial charge in [-0.25, -0.2) is 0 Å². The van der Waals surface area contributed by atoms with Crippen molar-refractivity contribution in [1.82, 2.24) is 9.88 Å². The molecule has 0 N–H and O–H groups in total. The molecule has 3 rings (SSSR count). The molecule has 0 atom stereocenters. The van der Waals surface area contributed by atoms with Crippen molar-refractivity contribution in [3.8, 4) is 0 Å². The van der Waals surface area contributed by atoms with E-state index in [0.29, 0.717) is 6.42 Å². The molecule has 5 heteroatoms. The molecular weight excluding hydrogens is 334 g/mol. The molecule has 2 aromatic rings. The number of pyridine rings is 1. The van der Waals surface area contributed by atoms with Gasteiger partial charge in [-0.05, 0) is 55.2 Å². The fraction of sp³-hybridized carbons (Fsp3) is 0.400. The number of rotatable bonds is 5. The summed E-state index contributed by atoms with van der Waals surface area (Å²) in [5, 5.41) is 0.767. The van der Waals surface area contributed by atoms with E-state index in [2.05, 4.69) is 28.9 Å². The second-order valence-electron chi connectivity index (χ2n) is 6.51. The van der Waals surface area contributed by atoms with Crippen molar-refractivity contribution in [3.05, 3.63) is 58.9 Å². The Morgan fingerprint density at radius 3 is 2.68 bits per heavy atom. The fourth-order valence-corrected chi connectivity index (χ4v) is 3.54. The molecule has 4 nitrogen and oxygen atoms in total. The van der Waals surface area contributed by atoms with Crippen LogP contribution in [0, 0.1) is 6.92 Å². The van der Waals surface area contributed by atoms with Gasteiger partial charge in [-0.3, -0.25) is 9.78 Å². The fourth-order valence-electron chi connectivity index (χ4n) is 3.32. The van der Waals surface area contributed by atoms with Crippen LogP contribution >= 0.6 is 11.6 Å². The second-order valence-corrected chi connectivity index (χ2v) is 6.95. The number of aromatic nitrogens is 1. The maximum absolute atomic E-state index is 12.4. The van der Waals surface area contributed by atoms with Crippen LogP contribution in [0.2, 0.25) is 5.02 Å². The topological polar surface area (TPSA) is 36.4 Å². The highest BCUT2D eigenvalue weighted by Crippen LogP contribution is 2.24. The van der Waals surface area contributed by atoms with Crippen molar-refractivity contribution in [1.29, 1.82) is 0 Å². The van der Waals surface area contributed by atoms with Gasteiger partial charge in [0.05, 0.1) is 0 Å². The summed E-state index contributed by atoms with van der Waals surface area (Å²) in [6.07, 6.45) is 6.04. The highest BCUT2D eigenvalue weighted by Gasteiger charge is 2.21. The van der Waals surface area contributed by atoms with Gasteiger partial charge >= 0.3 is 0 Å². The summed E-state index contributed by atoms with van der Waals surface area (Å²) in [6.45, 7) is 5.40. The van der Waals surface area contributed by atoms with Crippen LogP contribution in [0.25, 0.3) is 0 Å². The van der Waals surface area contributed by atoms with Crippen molar-refractivity contribution in [2.75, 3.05) is 31.1 Å². The first-order valence-electron chi connectivity index (χ1n) is 8.81. The predicted octanol–water partition coefficient (Wildman–Crippen LogP) is 3.71. The van der Waals surface area contributed by atoms with Gasteiger partial charge in [0.1, 0.15) is 0 Å². The first-order chi connectivity index (χ1) is 12.1. The highest BCUT2D eigenvalue weighted by molar-refractivity contribution is 6.30. The third kappa shape index (κ3) is 4.73. The summed E-state index contributed by atoms with van der Waals surface area (Å²) in [4.78, 5) is 20.9. The minimum absolute atomic E-state index is 0.261. The average molecular weight is 358 g/mol. The van der Waals surface area contributed by atoms with E-state index >= 15 is 0 Å². The van der Waals surface area contributed by atoms with Gasteiger partial charge in [-0.2, -0.15) is 0 Å². The van der Waals surface area contributed by atoms with E-state index in [1.807, 2.05) is 29.3 Å². The Morgan fingerprint density at radius 2 is 2.00 bits per heavy atom. The smallest absolute Gasteiger partial charge is 0.222 e. The van der Waals surface area contributed by atoms with Gasteiger partial charge in [0.25, 0.3) is 0 Å². The van der Waals surface area contributed by atoms with Gasteiger partial charge in [-0.15, -0.1) is 0 Å². The van der Waals surface area contributed by atoms with Crippen molar-refractivity contribution in [3.63, 3.8) is 0 Å². The largest absolute Gasteiger partial charge is 0.368 e. The summed E-state index contributed by atoms with van der Waals surface area (Å²) in [7, 11) is 0. The number of amides is 1. The third-order valence-corrected chi connectivity index (χ3v) is 4.95. The lowest BCUT2D eigenvalue weighted by Gasteiger charge is -2.37. The predicted molar refractivity (Wildman–Crippen MR) is 102 cm³/mol. The molecule has 0 saturated carbocycles. The number of aryl methyl sites for hydroxylation is 2. The SMILES string of the molecule is Cc1cc(Cl)ccc1N1CCN(C(=O)CCCc2cccnc2)CC1. The molecule has 25 heavy (non-hydrogen) atoms. The van der Waals surface area contributed by atoms with Gasteiger partial charge in [0.2, 0.25) is 5.91 Å². The van der Waals surface area contributed by atoms with Gasteiger partial charge < -0.3 is 9.80 Å². The molecule has 0 radical (unpaired) electrons. The van der Waals surface area contributed by atoms with Gasteiger partial charge in [-0.1, -0.05) is 17.7 Å². The molecule has 0 spiro atoms. The van der Waals surface area contributed by atoms with Gasteiger partial charge in [0, 0.05) is 55.7 Å². The molecule has 1 aromatic heterocycles. The Bertz CT molecular complexity index is 712. The van der Waals surface area contributed by atoms with E-state index in [4.69, 9.17) is 11.6 Å². The number of carbonyl (C=O) groups excluding carboxylic acids is 1. The third-order valence-electron chi connectivity index (χ3n) is 4.71. The summed E-state index contributed by atoms with van der Waals surface area (Å²) in [5.74, 6) is 0.261. The molecule has 0 bridgehead atoms. The molecule has 1 aromatic carbocycles. The van der Waals surface area contributed by atoms with Crippen molar-refractivity contribution >= 4 is 23.2 Å². The van der Waals surface area contributed by atoms with E-state index in [0.717, 1.165) is 44.0 Å². The summed E-state index contributed by atoms with van der Waals surface area (Å²) in [6, 6.07) is 10.00. The van der Waals surface area contributed by atoms with Crippen LogP contribution in [0.5, 0.6) is 0 Å². The maximum Gasteiger partial charge on any atom is 0.222 e. The van der Waals surface area contributed by atoms with Crippen LogP contribution in [0.1, 0.15) is 24.0 Å². The second kappa shape index (κ2) is 8.34. The molecular formula is C20H24ClN3O. The number of piperazine rings is 1. The highest BCUT2D eigenvalue weighted by atomic mass is 35.5. The lowest BCUT2D eigenvalue weighted by molar-refractivity contribution is -0.131. The number of halogens is 1. The van der Waals surface area contributed by atoms with Gasteiger partial charge in [0.15, 0.2) is 0 Å². The Morgan fingerprint density at radius 1 is 1.20 bits per heavy atom. The minimum Gasteiger partial charge on any atom is -0.368 e. The standard InChI is InChI=1S/C20H24ClN3O/c1-16-14-18(21)7-8-19(16)23-10-12-24(13-11-23)20(25)6-2-4-17-5-3-9-22-15-17/h3,5,7-9,14-15H,2,4,6,10-13H2,1H3. The molecule has 2 heterocycles. The zero-order valence-electron chi connectivity index (χ0n) is 14.6. The Kier molecular flexibility index (Phi) is 5.92. The number of anilines is 1. The summed E-state index contributed by atoms with van der Waals surface area (Å²) >= 11 is 6.04. The maximum atomic E-state index is 12.4. The Labute approximate surface area is 154 Å².